The van der Waals surface area contributed by atoms with Crippen LogP contribution in [0.5, 0.6) is 11.5 Å². The Balaban J connectivity index is 1.86. The number of aromatic nitrogens is 1. The maximum atomic E-state index is 12.9. The molecule has 0 saturated carbocycles. The molecule has 6 heteroatoms. The van der Waals surface area contributed by atoms with Crippen LogP contribution >= 0.6 is 11.8 Å². The van der Waals surface area contributed by atoms with E-state index in [0.29, 0.717) is 11.5 Å². The minimum atomic E-state index is -0.315. The Morgan fingerprint density at radius 1 is 1.29 bits per heavy atom. The zero-order valence-corrected chi connectivity index (χ0v) is 11.6. The summed E-state index contributed by atoms with van der Waals surface area (Å²) in [7, 11) is 0. The minimum absolute atomic E-state index is 0.293. The first kappa shape index (κ1) is 13.6. The number of pyridine rings is 1. The number of hydrogen-bond acceptors (Lipinski definition) is 5. The molecule has 0 bridgehead atoms. The van der Waals surface area contributed by atoms with Crippen molar-refractivity contribution in [2.75, 3.05) is 0 Å². The van der Waals surface area contributed by atoms with Gasteiger partial charge in [-0.25, -0.2) is 4.39 Å². The van der Waals surface area contributed by atoms with Crippen molar-refractivity contribution >= 4 is 23.0 Å². The molecule has 0 amide bonds. The second-order valence-corrected chi connectivity index (χ2v) is 5.46. The number of carbonyl (C=O) groups excluding carboxylic acids is 1. The van der Waals surface area contributed by atoms with Gasteiger partial charge in [0.1, 0.15) is 22.7 Å². The summed E-state index contributed by atoms with van der Waals surface area (Å²) in [6.45, 7) is 0. The van der Waals surface area contributed by atoms with Crippen LogP contribution in [0, 0.1) is 5.82 Å². The molecule has 1 aromatic heterocycles. The number of thioether (sulfide) groups is 1. The molecule has 2 heterocycles. The Morgan fingerprint density at radius 3 is 2.81 bits per heavy atom. The highest BCUT2D eigenvalue weighted by molar-refractivity contribution is 8.09. The van der Waals surface area contributed by atoms with Crippen LogP contribution in [-0.4, -0.2) is 16.6 Å². The molecule has 4 nitrogen and oxygen atoms in total. The second kappa shape index (κ2) is 5.97. The zero-order valence-electron chi connectivity index (χ0n) is 10.8. The quantitative estimate of drug-likeness (QED) is 0.879. The van der Waals surface area contributed by atoms with Gasteiger partial charge in [0, 0.05) is 23.5 Å². The number of hydrogen-bond donors (Lipinski definition) is 1. The molecule has 2 aromatic rings. The third-order valence-corrected chi connectivity index (χ3v) is 3.94. The van der Waals surface area contributed by atoms with Gasteiger partial charge < -0.3 is 14.8 Å². The fourth-order valence-corrected chi connectivity index (χ4v) is 2.74. The van der Waals surface area contributed by atoms with Crippen molar-refractivity contribution in [1.82, 2.24) is 10.3 Å². The average Bonchev–Trinajstić information content (AvgIpc) is 2.99. The minimum Gasteiger partial charge on any atom is -0.457 e. The third-order valence-electron chi connectivity index (χ3n) is 2.84. The van der Waals surface area contributed by atoms with Gasteiger partial charge in [-0.1, -0.05) is 11.8 Å². The Kier molecular flexibility index (Phi) is 3.87. The van der Waals surface area contributed by atoms with Crippen molar-refractivity contribution in [3.63, 3.8) is 0 Å². The van der Waals surface area contributed by atoms with Crippen molar-refractivity contribution in [3.8, 4) is 11.5 Å². The van der Waals surface area contributed by atoms with Crippen LogP contribution < -0.4 is 10.1 Å². The molecule has 1 unspecified atom stereocenters. The molecule has 1 aliphatic rings. The van der Waals surface area contributed by atoms with Crippen molar-refractivity contribution in [3.05, 3.63) is 60.3 Å². The number of nitrogens with zero attached hydrogens (tertiary/aromatic N) is 1. The first-order valence-corrected chi connectivity index (χ1v) is 7.10. The molecule has 0 spiro atoms. The predicted octanol–water partition coefficient (Wildman–Crippen LogP) is 3.17. The van der Waals surface area contributed by atoms with Gasteiger partial charge in [-0.2, -0.15) is 0 Å². The van der Waals surface area contributed by atoms with E-state index >= 15 is 0 Å². The summed E-state index contributed by atoms with van der Waals surface area (Å²) in [5.74, 6) is 0.820. The Hall–Kier alpha value is -2.34. The molecule has 1 atom stereocenters. The Labute approximate surface area is 125 Å². The van der Waals surface area contributed by atoms with E-state index in [2.05, 4.69) is 10.3 Å². The molecule has 1 aliphatic heterocycles. The van der Waals surface area contributed by atoms with Crippen LogP contribution in [0.1, 0.15) is 5.56 Å². The number of rotatable bonds is 4. The fraction of sp³-hybridized carbons (Fsp3) is 0.0667. The summed E-state index contributed by atoms with van der Waals surface area (Å²) in [6, 6.07) is 7.52. The molecule has 21 heavy (non-hydrogen) atoms. The predicted molar refractivity (Wildman–Crippen MR) is 79.3 cm³/mol. The molecule has 1 aromatic carbocycles. The maximum Gasteiger partial charge on any atom is 0.152 e. The van der Waals surface area contributed by atoms with E-state index in [1.165, 1.54) is 23.9 Å². The van der Waals surface area contributed by atoms with Gasteiger partial charge in [0.15, 0.2) is 6.29 Å². The van der Waals surface area contributed by atoms with E-state index in [1.807, 2.05) is 0 Å². The topological polar surface area (TPSA) is 51.2 Å². The highest BCUT2D eigenvalue weighted by atomic mass is 32.2. The van der Waals surface area contributed by atoms with Gasteiger partial charge in [-0.3, -0.25) is 4.98 Å². The second-order valence-electron chi connectivity index (χ2n) is 4.28. The van der Waals surface area contributed by atoms with E-state index in [-0.39, 0.29) is 11.2 Å². The monoisotopic (exact) mass is 302 g/mol. The summed E-state index contributed by atoms with van der Waals surface area (Å²) < 4.78 is 18.7. The molecular formula is C15H11FN2O2S. The fourth-order valence-electron chi connectivity index (χ4n) is 1.86. The van der Waals surface area contributed by atoms with E-state index in [1.54, 1.807) is 36.8 Å². The van der Waals surface area contributed by atoms with E-state index in [4.69, 9.17) is 4.74 Å². The standard InChI is InChI=1S/C15H11FN2O2S/c16-10-1-3-11(4-2-10)20-13-5-6-17-7-12(13)14-8-18-15(9-19)21-14/h1-9,15,18H. The maximum absolute atomic E-state index is 12.9. The SMILES string of the molecule is O=CC1NC=C(c2cnccc2Oc2ccc(F)cc2)S1. The summed E-state index contributed by atoms with van der Waals surface area (Å²) in [5, 5.41) is 2.66. The molecule has 0 fully saturated rings. The van der Waals surface area contributed by atoms with Crippen LogP contribution in [0.3, 0.4) is 0 Å². The van der Waals surface area contributed by atoms with E-state index < -0.39 is 0 Å². The summed E-state index contributed by atoms with van der Waals surface area (Å²) in [6.07, 6.45) is 5.89. The third kappa shape index (κ3) is 3.05. The van der Waals surface area contributed by atoms with Crippen molar-refractivity contribution < 1.29 is 13.9 Å². The summed E-state index contributed by atoms with van der Waals surface area (Å²) in [5.41, 5.74) is 0.781. The van der Waals surface area contributed by atoms with Gasteiger partial charge >= 0.3 is 0 Å². The van der Waals surface area contributed by atoms with Crippen LogP contribution in [0.2, 0.25) is 0 Å². The van der Waals surface area contributed by atoms with Gasteiger partial charge in [-0.05, 0) is 30.3 Å². The van der Waals surface area contributed by atoms with Crippen LogP contribution in [-0.2, 0) is 4.79 Å². The van der Waals surface area contributed by atoms with Gasteiger partial charge in [0.25, 0.3) is 0 Å². The highest BCUT2D eigenvalue weighted by Crippen LogP contribution is 2.39. The van der Waals surface area contributed by atoms with Crippen molar-refractivity contribution in [1.29, 1.82) is 0 Å². The van der Waals surface area contributed by atoms with Crippen molar-refractivity contribution in [2.45, 2.75) is 5.37 Å². The van der Waals surface area contributed by atoms with Crippen LogP contribution in [0.25, 0.3) is 4.91 Å². The molecule has 0 aliphatic carbocycles. The lowest BCUT2D eigenvalue weighted by Crippen LogP contribution is -2.16. The smallest absolute Gasteiger partial charge is 0.152 e. The zero-order chi connectivity index (χ0) is 14.7. The molecule has 0 saturated heterocycles. The summed E-state index contributed by atoms with van der Waals surface area (Å²) >= 11 is 1.39. The number of halogens is 1. The van der Waals surface area contributed by atoms with Gasteiger partial charge in [0.05, 0.1) is 5.56 Å². The lowest BCUT2D eigenvalue weighted by molar-refractivity contribution is -0.107. The molecular weight excluding hydrogens is 291 g/mol. The normalized spacial score (nSPS) is 17.0. The van der Waals surface area contributed by atoms with Gasteiger partial charge in [-0.15, -0.1) is 0 Å². The number of carbonyl (C=O) groups is 1. The van der Waals surface area contributed by atoms with E-state index in [9.17, 15) is 9.18 Å². The average molecular weight is 302 g/mol. The van der Waals surface area contributed by atoms with Gasteiger partial charge in [0.2, 0.25) is 0 Å². The summed E-state index contributed by atoms with van der Waals surface area (Å²) in [4.78, 5) is 15.8. The molecule has 3 rings (SSSR count). The Bertz CT molecular complexity index is 688. The molecule has 106 valence electrons. The number of benzene rings is 1. The lowest BCUT2D eigenvalue weighted by atomic mass is 10.2. The Morgan fingerprint density at radius 2 is 2.10 bits per heavy atom. The highest BCUT2D eigenvalue weighted by Gasteiger charge is 2.20. The first-order chi connectivity index (χ1) is 10.3. The number of nitrogens with one attached hydrogen (secondary N) is 1. The van der Waals surface area contributed by atoms with Crippen LogP contribution in [0.4, 0.5) is 4.39 Å². The van der Waals surface area contributed by atoms with Crippen LogP contribution in [0.15, 0.2) is 48.9 Å². The molecule has 0 radical (unpaired) electrons. The first-order valence-electron chi connectivity index (χ1n) is 6.22. The number of aldehydes is 1. The largest absolute Gasteiger partial charge is 0.457 e. The van der Waals surface area contributed by atoms with Crippen molar-refractivity contribution in [2.24, 2.45) is 0 Å². The van der Waals surface area contributed by atoms with E-state index in [0.717, 1.165) is 16.8 Å². The number of ether oxygens (including phenoxy) is 1. The molecule has 1 N–H and O–H groups in total. The lowest BCUT2D eigenvalue weighted by Gasteiger charge is -2.11.